The third kappa shape index (κ3) is 2.56. The highest BCUT2D eigenvalue weighted by molar-refractivity contribution is 7.80. The van der Waals surface area contributed by atoms with Crippen LogP contribution in [0.1, 0.15) is 17.3 Å². The quantitative estimate of drug-likeness (QED) is 0.643. The molecule has 0 amide bonds. The van der Waals surface area contributed by atoms with Crippen molar-refractivity contribution in [3.63, 3.8) is 0 Å². The van der Waals surface area contributed by atoms with E-state index >= 15 is 0 Å². The molecule has 0 N–H and O–H groups in total. The lowest BCUT2D eigenvalue weighted by Gasteiger charge is -2.06. The van der Waals surface area contributed by atoms with Gasteiger partial charge < -0.3 is 4.74 Å². The van der Waals surface area contributed by atoms with Gasteiger partial charge in [-0.25, -0.2) is 4.79 Å². The first-order valence-electron chi connectivity index (χ1n) is 3.91. The van der Waals surface area contributed by atoms with E-state index in [0.717, 1.165) is 0 Å². The van der Waals surface area contributed by atoms with Gasteiger partial charge in [0.15, 0.2) is 0 Å². The molecular formula is C9H8Cl2O2S. The summed E-state index contributed by atoms with van der Waals surface area (Å²) in [5.74, 6) is -0.448. The van der Waals surface area contributed by atoms with E-state index in [2.05, 4.69) is 12.6 Å². The van der Waals surface area contributed by atoms with Crippen LogP contribution in [-0.2, 0) is 4.74 Å². The Morgan fingerprint density at radius 2 is 2.00 bits per heavy atom. The molecule has 0 saturated carbocycles. The third-order valence-electron chi connectivity index (χ3n) is 1.53. The Kier molecular flexibility index (Phi) is 4.11. The number of esters is 1. The Hall–Kier alpha value is -0.380. The molecule has 0 unspecified atom stereocenters. The molecular weight excluding hydrogens is 243 g/mol. The monoisotopic (exact) mass is 250 g/mol. The molecule has 14 heavy (non-hydrogen) atoms. The van der Waals surface area contributed by atoms with Gasteiger partial charge in [-0.2, -0.15) is 0 Å². The van der Waals surface area contributed by atoms with E-state index in [4.69, 9.17) is 27.9 Å². The second-order valence-electron chi connectivity index (χ2n) is 2.50. The summed E-state index contributed by atoms with van der Waals surface area (Å²) < 4.78 is 4.81. The van der Waals surface area contributed by atoms with Crippen LogP contribution in [0.2, 0.25) is 10.0 Å². The molecule has 0 bridgehead atoms. The number of carbonyl (C=O) groups excluding carboxylic acids is 1. The van der Waals surface area contributed by atoms with Crippen molar-refractivity contribution in [3.05, 3.63) is 27.7 Å². The average Bonchev–Trinajstić information content (AvgIpc) is 2.11. The van der Waals surface area contributed by atoms with Gasteiger partial charge in [0.25, 0.3) is 0 Å². The molecule has 0 aliphatic heterocycles. The lowest BCUT2D eigenvalue weighted by atomic mass is 10.2. The Bertz CT molecular complexity index is 366. The minimum absolute atomic E-state index is 0.312. The second-order valence-corrected chi connectivity index (χ2v) is 3.80. The van der Waals surface area contributed by atoms with Gasteiger partial charge in [0.1, 0.15) is 0 Å². The van der Waals surface area contributed by atoms with Crippen LogP contribution < -0.4 is 0 Å². The maximum atomic E-state index is 11.4. The molecule has 2 nitrogen and oxygen atoms in total. The number of rotatable bonds is 2. The summed E-state index contributed by atoms with van der Waals surface area (Å²) >= 11 is 15.6. The van der Waals surface area contributed by atoms with Crippen LogP contribution in [0, 0.1) is 0 Å². The van der Waals surface area contributed by atoms with Crippen LogP contribution in [0.4, 0.5) is 0 Å². The van der Waals surface area contributed by atoms with E-state index in [1.807, 2.05) is 0 Å². The smallest absolute Gasteiger partial charge is 0.339 e. The topological polar surface area (TPSA) is 26.3 Å². The summed E-state index contributed by atoms with van der Waals surface area (Å²) in [6.07, 6.45) is 0. The van der Waals surface area contributed by atoms with Crippen LogP contribution in [0.25, 0.3) is 0 Å². The number of hydrogen-bond acceptors (Lipinski definition) is 3. The fourth-order valence-corrected chi connectivity index (χ4v) is 1.60. The molecule has 1 aromatic rings. The van der Waals surface area contributed by atoms with Gasteiger partial charge in [0.2, 0.25) is 0 Å². The van der Waals surface area contributed by atoms with E-state index in [0.29, 0.717) is 27.1 Å². The van der Waals surface area contributed by atoms with Gasteiger partial charge in [0.05, 0.1) is 22.2 Å². The standard InChI is InChI=1S/C9H8Cl2O2S/c1-2-13-9(12)5-3-6(10)7(11)4-8(5)14/h3-4,14H,2H2,1H3. The maximum absolute atomic E-state index is 11.4. The zero-order chi connectivity index (χ0) is 10.7. The van der Waals surface area contributed by atoms with Crippen molar-refractivity contribution < 1.29 is 9.53 Å². The minimum atomic E-state index is -0.448. The first-order chi connectivity index (χ1) is 6.56. The Morgan fingerprint density at radius 3 is 2.57 bits per heavy atom. The van der Waals surface area contributed by atoms with Crippen LogP contribution >= 0.6 is 35.8 Å². The summed E-state index contributed by atoms with van der Waals surface area (Å²) in [4.78, 5) is 11.8. The van der Waals surface area contributed by atoms with Crippen LogP contribution in [0.15, 0.2) is 17.0 Å². The molecule has 0 aliphatic carbocycles. The summed E-state index contributed by atoms with van der Waals surface area (Å²) in [7, 11) is 0. The van der Waals surface area contributed by atoms with Crippen molar-refractivity contribution in [3.8, 4) is 0 Å². The SMILES string of the molecule is CCOC(=O)c1cc(Cl)c(Cl)cc1S. The molecule has 0 aromatic heterocycles. The van der Waals surface area contributed by atoms with Crippen LogP contribution in [0.5, 0.6) is 0 Å². The molecule has 0 radical (unpaired) electrons. The molecule has 1 aromatic carbocycles. The van der Waals surface area contributed by atoms with Crippen LogP contribution in [0.3, 0.4) is 0 Å². The molecule has 0 heterocycles. The Morgan fingerprint density at radius 1 is 1.43 bits per heavy atom. The highest BCUT2D eigenvalue weighted by atomic mass is 35.5. The molecule has 5 heteroatoms. The van der Waals surface area contributed by atoms with Crippen molar-refractivity contribution >= 4 is 41.8 Å². The minimum Gasteiger partial charge on any atom is -0.462 e. The first-order valence-corrected chi connectivity index (χ1v) is 5.11. The van der Waals surface area contributed by atoms with Gasteiger partial charge >= 0.3 is 5.97 Å². The van der Waals surface area contributed by atoms with Crippen molar-refractivity contribution in [1.29, 1.82) is 0 Å². The van der Waals surface area contributed by atoms with Crippen molar-refractivity contribution in [2.75, 3.05) is 6.61 Å². The lowest BCUT2D eigenvalue weighted by molar-refractivity contribution is 0.0522. The normalized spacial score (nSPS) is 10.0. The number of ether oxygens (including phenoxy) is 1. The lowest BCUT2D eigenvalue weighted by Crippen LogP contribution is -2.05. The van der Waals surface area contributed by atoms with Crippen molar-refractivity contribution in [2.45, 2.75) is 11.8 Å². The molecule has 76 valence electrons. The highest BCUT2D eigenvalue weighted by Gasteiger charge is 2.13. The zero-order valence-corrected chi connectivity index (χ0v) is 9.79. The summed E-state index contributed by atoms with van der Waals surface area (Å²) in [5.41, 5.74) is 0.324. The molecule has 0 aliphatic rings. The average molecular weight is 251 g/mol. The molecule has 0 fully saturated rings. The molecule has 0 spiro atoms. The maximum Gasteiger partial charge on any atom is 0.339 e. The Labute approximate surface area is 97.6 Å². The van der Waals surface area contributed by atoms with E-state index < -0.39 is 5.97 Å². The zero-order valence-electron chi connectivity index (χ0n) is 7.38. The number of carbonyl (C=O) groups is 1. The van der Waals surface area contributed by atoms with Crippen molar-refractivity contribution in [1.82, 2.24) is 0 Å². The van der Waals surface area contributed by atoms with E-state index in [1.165, 1.54) is 12.1 Å². The summed E-state index contributed by atoms with van der Waals surface area (Å²) in [6, 6.07) is 2.96. The van der Waals surface area contributed by atoms with Gasteiger partial charge in [-0.15, -0.1) is 12.6 Å². The molecule has 1 rings (SSSR count). The molecule has 0 saturated heterocycles. The number of thiol groups is 1. The summed E-state index contributed by atoms with van der Waals surface area (Å²) in [6.45, 7) is 2.04. The predicted octanol–water partition coefficient (Wildman–Crippen LogP) is 3.46. The van der Waals surface area contributed by atoms with Crippen LogP contribution in [-0.4, -0.2) is 12.6 Å². The van der Waals surface area contributed by atoms with E-state index in [1.54, 1.807) is 6.92 Å². The summed E-state index contributed by atoms with van der Waals surface area (Å²) in [5, 5.41) is 0.678. The van der Waals surface area contributed by atoms with Gasteiger partial charge in [-0.3, -0.25) is 0 Å². The largest absolute Gasteiger partial charge is 0.462 e. The van der Waals surface area contributed by atoms with Gasteiger partial charge in [0, 0.05) is 4.90 Å². The second kappa shape index (κ2) is 4.91. The number of hydrogen-bond donors (Lipinski definition) is 1. The van der Waals surface area contributed by atoms with Gasteiger partial charge in [-0.05, 0) is 19.1 Å². The predicted molar refractivity (Wildman–Crippen MR) is 59.7 cm³/mol. The number of benzene rings is 1. The van der Waals surface area contributed by atoms with E-state index in [9.17, 15) is 4.79 Å². The fourth-order valence-electron chi connectivity index (χ4n) is 0.909. The molecule has 0 atom stereocenters. The number of halogens is 2. The first kappa shape index (κ1) is 11.7. The fraction of sp³-hybridized carbons (Fsp3) is 0.222. The Balaban J connectivity index is 3.09. The highest BCUT2D eigenvalue weighted by Crippen LogP contribution is 2.28. The van der Waals surface area contributed by atoms with E-state index in [-0.39, 0.29) is 0 Å². The van der Waals surface area contributed by atoms with Crippen molar-refractivity contribution in [2.24, 2.45) is 0 Å². The van der Waals surface area contributed by atoms with Gasteiger partial charge in [-0.1, -0.05) is 23.2 Å². The third-order valence-corrected chi connectivity index (χ3v) is 2.63.